The second kappa shape index (κ2) is 7.01. The van der Waals surface area contributed by atoms with Gasteiger partial charge in [-0.1, -0.05) is 24.3 Å². The third-order valence-electron chi connectivity index (χ3n) is 4.20. The fourth-order valence-electron chi connectivity index (χ4n) is 3.16. The normalized spacial score (nSPS) is 20.8. The third kappa shape index (κ3) is 3.41. The van der Waals surface area contributed by atoms with Crippen molar-refractivity contribution >= 4 is 22.9 Å². The Morgan fingerprint density at radius 2 is 1.88 bits per heavy atom. The zero-order chi connectivity index (χ0) is 17.1. The van der Waals surface area contributed by atoms with Crippen LogP contribution in [0.3, 0.4) is 0 Å². The molecule has 1 N–H and O–H groups in total. The second-order valence-electron chi connectivity index (χ2n) is 6.19. The molecule has 0 bridgehead atoms. The van der Waals surface area contributed by atoms with Crippen LogP contribution in [0.4, 0.5) is 0 Å². The van der Waals surface area contributed by atoms with Gasteiger partial charge in [-0.15, -0.1) is 0 Å². The van der Waals surface area contributed by atoms with Gasteiger partial charge in [0, 0.05) is 30.3 Å². The van der Waals surface area contributed by atoms with Crippen LogP contribution < -0.4 is 4.74 Å². The minimum atomic E-state index is -0.0304. The van der Waals surface area contributed by atoms with Gasteiger partial charge in [-0.25, -0.2) is 0 Å². The zero-order valence-electron chi connectivity index (χ0n) is 14.0. The Kier molecular flexibility index (Phi) is 4.81. The highest BCUT2D eigenvalue weighted by molar-refractivity contribution is 6.01. The highest BCUT2D eigenvalue weighted by Gasteiger charge is 2.26. The van der Waals surface area contributed by atoms with Crippen molar-refractivity contribution in [3.63, 3.8) is 0 Å². The topological polar surface area (TPSA) is 62.6 Å². The summed E-state index contributed by atoms with van der Waals surface area (Å²) in [7, 11) is 0. The Morgan fingerprint density at radius 1 is 1.21 bits per heavy atom. The van der Waals surface area contributed by atoms with Crippen LogP contribution in [0, 0.1) is 5.41 Å². The number of carbonyl (C=O) groups is 1. The van der Waals surface area contributed by atoms with E-state index in [2.05, 4.69) is 0 Å². The summed E-state index contributed by atoms with van der Waals surface area (Å²) in [5.74, 6) is 0.635. The largest absolute Gasteiger partial charge is 0.483 e. The lowest BCUT2D eigenvalue weighted by Gasteiger charge is -2.35. The van der Waals surface area contributed by atoms with Crippen LogP contribution in [0.2, 0.25) is 0 Å². The molecule has 2 aromatic rings. The van der Waals surface area contributed by atoms with Gasteiger partial charge in [-0.05, 0) is 31.4 Å². The molecular weight excluding hydrogens is 304 g/mol. The Balaban J connectivity index is 1.74. The molecule has 1 fully saturated rings. The molecule has 5 heteroatoms. The molecule has 3 rings (SSSR count). The number of nitrogens with one attached hydrogen (secondary N) is 1. The quantitative estimate of drug-likeness (QED) is 0.879. The molecule has 5 nitrogen and oxygen atoms in total. The Bertz CT molecular complexity index is 749. The fourth-order valence-corrected chi connectivity index (χ4v) is 3.16. The number of ether oxygens (including phenoxy) is 2. The van der Waals surface area contributed by atoms with Crippen LogP contribution in [0.5, 0.6) is 5.75 Å². The van der Waals surface area contributed by atoms with Crippen LogP contribution in [-0.2, 0) is 9.53 Å². The number of amides is 1. The van der Waals surface area contributed by atoms with E-state index >= 15 is 0 Å². The molecule has 1 aliphatic rings. The van der Waals surface area contributed by atoms with Crippen molar-refractivity contribution in [3.05, 3.63) is 42.0 Å². The molecule has 2 aromatic carbocycles. The Labute approximate surface area is 141 Å². The number of morpholine rings is 1. The molecular formula is C19H22N2O3. The average Bonchev–Trinajstić information content (AvgIpc) is 2.58. The van der Waals surface area contributed by atoms with E-state index in [4.69, 9.17) is 14.9 Å². The molecule has 0 saturated carbocycles. The number of benzene rings is 2. The molecule has 2 atom stereocenters. The van der Waals surface area contributed by atoms with E-state index in [1.165, 1.54) is 6.21 Å². The number of hydrogen-bond acceptors (Lipinski definition) is 4. The maximum atomic E-state index is 12.4. The molecule has 1 amide bonds. The van der Waals surface area contributed by atoms with E-state index in [-0.39, 0.29) is 24.7 Å². The van der Waals surface area contributed by atoms with Crippen molar-refractivity contribution in [3.8, 4) is 5.75 Å². The molecule has 0 spiro atoms. The molecule has 2 unspecified atom stereocenters. The molecule has 0 aromatic heterocycles. The number of carbonyl (C=O) groups excluding carboxylic acids is 1. The van der Waals surface area contributed by atoms with Crippen LogP contribution in [0.1, 0.15) is 19.4 Å². The van der Waals surface area contributed by atoms with Crippen LogP contribution >= 0.6 is 0 Å². The molecule has 24 heavy (non-hydrogen) atoms. The highest BCUT2D eigenvalue weighted by atomic mass is 16.5. The summed E-state index contributed by atoms with van der Waals surface area (Å²) in [6, 6.07) is 11.4. The summed E-state index contributed by atoms with van der Waals surface area (Å²) < 4.78 is 11.5. The standard InChI is InChI=1S/C19H22N2O3/c1-13-10-21(11-14(2)24-13)19(22)12-23-18-8-7-15(9-20)16-5-3-4-6-17(16)18/h3-9,13-14,20H,10-12H2,1-2H3. The average molecular weight is 326 g/mol. The zero-order valence-corrected chi connectivity index (χ0v) is 14.0. The highest BCUT2D eigenvalue weighted by Crippen LogP contribution is 2.28. The summed E-state index contributed by atoms with van der Waals surface area (Å²) in [6.45, 7) is 5.15. The number of nitrogens with zero attached hydrogens (tertiary/aromatic N) is 1. The molecule has 0 radical (unpaired) electrons. The lowest BCUT2D eigenvalue weighted by Crippen LogP contribution is -2.49. The van der Waals surface area contributed by atoms with E-state index in [1.54, 1.807) is 4.90 Å². The van der Waals surface area contributed by atoms with Crippen LogP contribution in [-0.4, -0.2) is 48.9 Å². The van der Waals surface area contributed by atoms with Gasteiger partial charge < -0.3 is 19.8 Å². The maximum Gasteiger partial charge on any atom is 0.260 e. The molecule has 1 aliphatic heterocycles. The van der Waals surface area contributed by atoms with Gasteiger partial charge in [-0.3, -0.25) is 4.79 Å². The summed E-state index contributed by atoms with van der Waals surface area (Å²) in [4.78, 5) is 14.2. The van der Waals surface area contributed by atoms with Gasteiger partial charge in [-0.2, -0.15) is 0 Å². The fraction of sp³-hybridized carbons (Fsp3) is 0.368. The monoisotopic (exact) mass is 326 g/mol. The predicted molar refractivity (Wildman–Crippen MR) is 93.9 cm³/mol. The molecule has 1 heterocycles. The molecule has 0 aliphatic carbocycles. The minimum Gasteiger partial charge on any atom is -0.483 e. The summed E-state index contributed by atoms with van der Waals surface area (Å²) in [6.07, 6.45) is 1.42. The lowest BCUT2D eigenvalue weighted by molar-refractivity contribution is -0.145. The van der Waals surface area contributed by atoms with E-state index in [0.29, 0.717) is 18.8 Å². The predicted octanol–water partition coefficient (Wildman–Crippen LogP) is 2.85. The van der Waals surface area contributed by atoms with Crippen molar-refractivity contribution in [1.29, 1.82) is 5.41 Å². The first-order valence-corrected chi connectivity index (χ1v) is 8.16. The van der Waals surface area contributed by atoms with Gasteiger partial charge >= 0.3 is 0 Å². The van der Waals surface area contributed by atoms with Gasteiger partial charge in [0.1, 0.15) is 5.75 Å². The van der Waals surface area contributed by atoms with Gasteiger partial charge in [0.05, 0.1) is 12.2 Å². The van der Waals surface area contributed by atoms with Gasteiger partial charge in [0.2, 0.25) is 0 Å². The smallest absolute Gasteiger partial charge is 0.260 e. The van der Waals surface area contributed by atoms with Gasteiger partial charge in [0.15, 0.2) is 6.61 Å². The maximum absolute atomic E-state index is 12.4. The van der Waals surface area contributed by atoms with Gasteiger partial charge in [0.25, 0.3) is 5.91 Å². The summed E-state index contributed by atoms with van der Waals surface area (Å²) >= 11 is 0. The van der Waals surface area contributed by atoms with E-state index < -0.39 is 0 Å². The van der Waals surface area contributed by atoms with Crippen LogP contribution in [0.15, 0.2) is 36.4 Å². The number of rotatable bonds is 4. The minimum absolute atomic E-state index is 0.00731. The molecule has 126 valence electrons. The van der Waals surface area contributed by atoms with E-state index in [0.717, 1.165) is 16.3 Å². The van der Waals surface area contributed by atoms with Crippen LogP contribution in [0.25, 0.3) is 10.8 Å². The third-order valence-corrected chi connectivity index (χ3v) is 4.20. The first-order valence-electron chi connectivity index (χ1n) is 8.16. The van der Waals surface area contributed by atoms with E-state index in [9.17, 15) is 4.79 Å². The Hall–Kier alpha value is -2.40. The van der Waals surface area contributed by atoms with Crippen molar-refractivity contribution in [2.45, 2.75) is 26.1 Å². The molecule has 1 saturated heterocycles. The SMILES string of the molecule is CC1CN(C(=O)COc2ccc(C=N)c3ccccc23)CC(C)O1. The number of hydrogen-bond donors (Lipinski definition) is 1. The first-order chi connectivity index (χ1) is 11.6. The second-order valence-corrected chi connectivity index (χ2v) is 6.19. The van der Waals surface area contributed by atoms with Crippen molar-refractivity contribution in [1.82, 2.24) is 4.90 Å². The summed E-state index contributed by atoms with van der Waals surface area (Å²) in [5, 5.41) is 9.36. The van der Waals surface area contributed by atoms with Crippen molar-refractivity contribution < 1.29 is 14.3 Å². The Morgan fingerprint density at radius 3 is 2.54 bits per heavy atom. The van der Waals surface area contributed by atoms with Crippen molar-refractivity contribution in [2.24, 2.45) is 0 Å². The lowest BCUT2D eigenvalue weighted by atomic mass is 10.0. The number of fused-ring (bicyclic) bond motifs is 1. The van der Waals surface area contributed by atoms with Crippen molar-refractivity contribution in [2.75, 3.05) is 19.7 Å². The first kappa shape index (κ1) is 16.5. The van der Waals surface area contributed by atoms with E-state index in [1.807, 2.05) is 50.2 Å². The summed E-state index contributed by atoms with van der Waals surface area (Å²) in [5.41, 5.74) is 0.833.